The largest absolute Gasteiger partial charge is 0.497 e. The van der Waals surface area contributed by atoms with E-state index in [2.05, 4.69) is 11.4 Å². The van der Waals surface area contributed by atoms with Crippen LogP contribution in [0.1, 0.15) is 16.5 Å². The van der Waals surface area contributed by atoms with Crippen LogP contribution in [-0.4, -0.2) is 14.2 Å². The normalized spacial score (nSPS) is 12.2. The Bertz CT molecular complexity index is 497. The molecule has 1 atom stereocenters. The minimum absolute atomic E-state index is 0.0653. The first-order chi connectivity index (χ1) is 8.74. The molecule has 0 aliphatic rings. The lowest BCUT2D eigenvalue weighted by molar-refractivity contribution is 0.388. The van der Waals surface area contributed by atoms with E-state index in [1.54, 1.807) is 25.6 Å². The molecule has 4 heteroatoms. The monoisotopic (exact) mass is 263 g/mol. The van der Waals surface area contributed by atoms with E-state index in [9.17, 15) is 0 Å². The number of methoxy groups -OCH3 is 2. The minimum Gasteiger partial charge on any atom is -0.497 e. The Morgan fingerprint density at radius 2 is 2.06 bits per heavy atom. The molecule has 96 valence electrons. The first-order valence-corrected chi connectivity index (χ1v) is 6.62. The second-order valence-electron chi connectivity index (χ2n) is 4.00. The molecule has 2 N–H and O–H groups in total. The number of ether oxygens (including phenoxy) is 2. The third kappa shape index (κ3) is 2.83. The fraction of sp³-hybridized carbons (Fsp3) is 0.286. The van der Waals surface area contributed by atoms with Crippen molar-refractivity contribution in [1.29, 1.82) is 0 Å². The molecule has 0 bridgehead atoms. The third-order valence-corrected chi connectivity index (χ3v) is 3.74. The van der Waals surface area contributed by atoms with Crippen molar-refractivity contribution in [3.63, 3.8) is 0 Å². The highest BCUT2D eigenvalue weighted by Gasteiger charge is 2.13. The van der Waals surface area contributed by atoms with Gasteiger partial charge in [-0.3, -0.25) is 0 Å². The van der Waals surface area contributed by atoms with Crippen LogP contribution in [0.3, 0.4) is 0 Å². The quantitative estimate of drug-likeness (QED) is 0.902. The molecule has 2 aromatic rings. The van der Waals surface area contributed by atoms with E-state index in [0.29, 0.717) is 0 Å². The smallest absolute Gasteiger partial charge is 0.127 e. The molecule has 0 radical (unpaired) electrons. The molecule has 1 unspecified atom stereocenters. The average Bonchev–Trinajstić information content (AvgIpc) is 2.90. The molecule has 3 nitrogen and oxygen atoms in total. The van der Waals surface area contributed by atoms with Crippen molar-refractivity contribution in [3.05, 3.63) is 46.2 Å². The summed E-state index contributed by atoms with van der Waals surface area (Å²) < 4.78 is 10.6. The fourth-order valence-electron chi connectivity index (χ4n) is 1.88. The van der Waals surface area contributed by atoms with Crippen molar-refractivity contribution < 1.29 is 9.47 Å². The Morgan fingerprint density at radius 3 is 2.67 bits per heavy atom. The topological polar surface area (TPSA) is 44.5 Å². The predicted molar refractivity (Wildman–Crippen MR) is 74.5 cm³/mol. The van der Waals surface area contributed by atoms with E-state index in [1.807, 2.05) is 24.3 Å². The zero-order valence-electron chi connectivity index (χ0n) is 10.6. The van der Waals surface area contributed by atoms with Gasteiger partial charge in [0.25, 0.3) is 0 Å². The molecule has 1 heterocycles. The second-order valence-corrected chi connectivity index (χ2v) is 5.03. The minimum atomic E-state index is -0.0653. The highest BCUT2D eigenvalue weighted by molar-refractivity contribution is 7.09. The van der Waals surface area contributed by atoms with Crippen LogP contribution < -0.4 is 15.2 Å². The summed E-state index contributed by atoms with van der Waals surface area (Å²) in [5, 5.41) is 2.06. The van der Waals surface area contributed by atoms with Gasteiger partial charge in [0.15, 0.2) is 0 Å². The SMILES string of the molecule is COc1ccc(C(N)Cc2cccs2)c(OC)c1. The van der Waals surface area contributed by atoms with E-state index < -0.39 is 0 Å². The van der Waals surface area contributed by atoms with Crippen LogP contribution in [0.5, 0.6) is 11.5 Å². The highest BCUT2D eigenvalue weighted by atomic mass is 32.1. The molecule has 0 amide bonds. The number of hydrogen-bond donors (Lipinski definition) is 1. The molecule has 18 heavy (non-hydrogen) atoms. The summed E-state index contributed by atoms with van der Waals surface area (Å²) in [6.45, 7) is 0. The van der Waals surface area contributed by atoms with Crippen LogP contribution >= 0.6 is 11.3 Å². The van der Waals surface area contributed by atoms with Gasteiger partial charge in [0, 0.05) is 29.0 Å². The zero-order chi connectivity index (χ0) is 13.0. The maximum absolute atomic E-state index is 6.24. The molecule has 0 fully saturated rings. The van der Waals surface area contributed by atoms with Gasteiger partial charge < -0.3 is 15.2 Å². The van der Waals surface area contributed by atoms with Gasteiger partial charge in [0.2, 0.25) is 0 Å². The lowest BCUT2D eigenvalue weighted by Crippen LogP contribution is -2.14. The number of hydrogen-bond acceptors (Lipinski definition) is 4. The van der Waals surface area contributed by atoms with Crippen molar-refractivity contribution in [1.82, 2.24) is 0 Å². The summed E-state index contributed by atoms with van der Waals surface area (Å²) in [6.07, 6.45) is 0.820. The lowest BCUT2D eigenvalue weighted by Gasteiger charge is -2.16. The number of benzene rings is 1. The summed E-state index contributed by atoms with van der Waals surface area (Å²) in [5.74, 6) is 1.55. The van der Waals surface area contributed by atoms with E-state index in [0.717, 1.165) is 23.5 Å². The molecule has 0 spiro atoms. The van der Waals surface area contributed by atoms with Crippen LogP contribution in [0.2, 0.25) is 0 Å². The van der Waals surface area contributed by atoms with Gasteiger partial charge in [-0.2, -0.15) is 0 Å². The Balaban J connectivity index is 2.21. The van der Waals surface area contributed by atoms with Gasteiger partial charge in [-0.25, -0.2) is 0 Å². The predicted octanol–water partition coefficient (Wildman–Crippen LogP) is 3.01. The van der Waals surface area contributed by atoms with E-state index in [1.165, 1.54) is 4.88 Å². The summed E-state index contributed by atoms with van der Waals surface area (Å²) in [7, 11) is 3.29. The molecular weight excluding hydrogens is 246 g/mol. The van der Waals surface area contributed by atoms with Gasteiger partial charge >= 0.3 is 0 Å². The lowest BCUT2D eigenvalue weighted by atomic mass is 10.0. The standard InChI is InChI=1S/C14H17NO2S/c1-16-10-5-6-12(14(8-10)17-2)13(15)9-11-4-3-7-18-11/h3-8,13H,9,15H2,1-2H3. The maximum atomic E-state index is 6.24. The number of rotatable bonds is 5. The molecule has 1 aromatic heterocycles. The molecule has 1 aromatic carbocycles. The Kier molecular flexibility index (Phi) is 4.23. The molecule has 0 saturated heterocycles. The van der Waals surface area contributed by atoms with E-state index in [4.69, 9.17) is 15.2 Å². The molecular formula is C14H17NO2S. The molecule has 0 aliphatic carbocycles. The van der Waals surface area contributed by atoms with Crippen molar-refractivity contribution in [3.8, 4) is 11.5 Å². The van der Waals surface area contributed by atoms with Crippen molar-refractivity contribution in [2.75, 3.05) is 14.2 Å². The first kappa shape index (κ1) is 12.9. The Hall–Kier alpha value is -1.52. The second kappa shape index (κ2) is 5.89. The van der Waals surface area contributed by atoms with Gasteiger partial charge in [-0.15, -0.1) is 11.3 Å². The summed E-state index contributed by atoms with van der Waals surface area (Å²) >= 11 is 1.72. The summed E-state index contributed by atoms with van der Waals surface area (Å²) in [6, 6.07) is 9.81. The highest BCUT2D eigenvalue weighted by Crippen LogP contribution is 2.30. The van der Waals surface area contributed by atoms with Crippen molar-refractivity contribution in [2.45, 2.75) is 12.5 Å². The van der Waals surface area contributed by atoms with Gasteiger partial charge in [-0.1, -0.05) is 12.1 Å². The average molecular weight is 263 g/mol. The summed E-state index contributed by atoms with van der Waals surface area (Å²) in [4.78, 5) is 1.28. The van der Waals surface area contributed by atoms with Gasteiger partial charge in [0.1, 0.15) is 11.5 Å². The molecule has 0 saturated carbocycles. The van der Waals surface area contributed by atoms with Crippen molar-refractivity contribution in [2.24, 2.45) is 5.73 Å². The number of nitrogens with two attached hydrogens (primary N) is 1. The Labute approximate surface area is 111 Å². The van der Waals surface area contributed by atoms with E-state index in [-0.39, 0.29) is 6.04 Å². The van der Waals surface area contributed by atoms with Gasteiger partial charge in [-0.05, 0) is 17.5 Å². The van der Waals surface area contributed by atoms with Crippen LogP contribution in [-0.2, 0) is 6.42 Å². The molecule has 0 aliphatic heterocycles. The van der Waals surface area contributed by atoms with Crippen LogP contribution in [0.15, 0.2) is 35.7 Å². The van der Waals surface area contributed by atoms with Crippen LogP contribution in [0, 0.1) is 0 Å². The van der Waals surface area contributed by atoms with Crippen LogP contribution in [0.4, 0.5) is 0 Å². The Morgan fingerprint density at radius 1 is 1.22 bits per heavy atom. The maximum Gasteiger partial charge on any atom is 0.127 e. The molecule has 2 rings (SSSR count). The third-order valence-electron chi connectivity index (χ3n) is 2.84. The van der Waals surface area contributed by atoms with E-state index >= 15 is 0 Å². The zero-order valence-corrected chi connectivity index (χ0v) is 11.4. The van der Waals surface area contributed by atoms with Crippen molar-refractivity contribution >= 4 is 11.3 Å². The fourth-order valence-corrected chi connectivity index (χ4v) is 2.65. The van der Waals surface area contributed by atoms with Gasteiger partial charge in [0.05, 0.1) is 14.2 Å². The number of thiophene rings is 1. The first-order valence-electron chi connectivity index (χ1n) is 5.74. The summed E-state index contributed by atoms with van der Waals surface area (Å²) in [5.41, 5.74) is 7.25. The van der Waals surface area contributed by atoms with Crippen LogP contribution in [0.25, 0.3) is 0 Å².